The number of likely N-dealkylation sites (tertiary alicyclic amines) is 1. The maximum absolute atomic E-state index is 12.1. The molecule has 1 N–H and O–H groups in total. The third kappa shape index (κ3) is 3.91. The first-order valence-corrected chi connectivity index (χ1v) is 7.36. The quantitative estimate of drug-likeness (QED) is 0.864. The molecule has 1 atom stereocenters. The Morgan fingerprint density at radius 2 is 2.32 bits per heavy atom. The second-order valence-corrected chi connectivity index (χ2v) is 5.71. The van der Waals surface area contributed by atoms with Gasteiger partial charge in [-0.3, -0.25) is 4.79 Å². The van der Waals surface area contributed by atoms with E-state index in [4.69, 9.17) is 0 Å². The standard InChI is InChI=1S/C15H19BrN2O/c1-17-10-12-8-9-18(11-12)15(19)7-6-13-4-2-3-5-14(13)16/h2-7,12,17H,8-11H2,1H3/b7-6+. The lowest BCUT2D eigenvalue weighted by molar-refractivity contribution is -0.125. The number of hydrogen-bond donors (Lipinski definition) is 1. The van der Waals surface area contributed by atoms with E-state index in [1.807, 2.05) is 42.3 Å². The molecule has 0 aromatic heterocycles. The first kappa shape index (κ1) is 14.3. The topological polar surface area (TPSA) is 32.3 Å². The van der Waals surface area contributed by atoms with Gasteiger partial charge in [-0.05, 0) is 43.6 Å². The van der Waals surface area contributed by atoms with Crippen molar-refractivity contribution in [1.29, 1.82) is 0 Å². The van der Waals surface area contributed by atoms with E-state index in [9.17, 15) is 4.79 Å². The van der Waals surface area contributed by atoms with Crippen molar-refractivity contribution in [2.24, 2.45) is 5.92 Å². The van der Waals surface area contributed by atoms with Gasteiger partial charge in [0.2, 0.25) is 5.91 Å². The second-order valence-electron chi connectivity index (χ2n) is 4.85. The molecule has 1 fully saturated rings. The predicted octanol–water partition coefficient (Wildman–Crippen LogP) is 2.53. The van der Waals surface area contributed by atoms with Crippen LogP contribution in [-0.2, 0) is 4.79 Å². The normalized spacial score (nSPS) is 19.3. The van der Waals surface area contributed by atoms with Crippen molar-refractivity contribution in [2.75, 3.05) is 26.7 Å². The van der Waals surface area contributed by atoms with Crippen molar-refractivity contribution in [1.82, 2.24) is 10.2 Å². The summed E-state index contributed by atoms with van der Waals surface area (Å²) >= 11 is 3.48. The summed E-state index contributed by atoms with van der Waals surface area (Å²) in [5, 5.41) is 3.17. The lowest BCUT2D eigenvalue weighted by Crippen LogP contribution is -2.28. The average Bonchev–Trinajstić information content (AvgIpc) is 2.87. The van der Waals surface area contributed by atoms with E-state index >= 15 is 0 Å². The van der Waals surface area contributed by atoms with Gasteiger partial charge in [-0.25, -0.2) is 0 Å². The summed E-state index contributed by atoms with van der Waals surface area (Å²) in [5.41, 5.74) is 1.03. The van der Waals surface area contributed by atoms with E-state index in [1.54, 1.807) is 6.08 Å². The molecule has 1 aliphatic rings. The summed E-state index contributed by atoms with van der Waals surface area (Å²) in [4.78, 5) is 14.0. The highest BCUT2D eigenvalue weighted by molar-refractivity contribution is 9.10. The number of nitrogens with one attached hydrogen (secondary N) is 1. The van der Waals surface area contributed by atoms with E-state index in [2.05, 4.69) is 21.2 Å². The molecule has 0 spiro atoms. The second kappa shape index (κ2) is 6.87. The van der Waals surface area contributed by atoms with Crippen molar-refractivity contribution in [3.05, 3.63) is 40.4 Å². The van der Waals surface area contributed by atoms with Gasteiger partial charge in [0.15, 0.2) is 0 Å². The molecule has 1 aromatic rings. The predicted molar refractivity (Wildman–Crippen MR) is 81.8 cm³/mol. The average molecular weight is 323 g/mol. The Kier molecular flexibility index (Phi) is 5.16. The SMILES string of the molecule is CNCC1CCN(C(=O)/C=C/c2ccccc2Br)C1. The monoisotopic (exact) mass is 322 g/mol. The van der Waals surface area contributed by atoms with Crippen LogP contribution < -0.4 is 5.32 Å². The fourth-order valence-electron chi connectivity index (χ4n) is 2.36. The van der Waals surface area contributed by atoms with Gasteiger partial charge in [0.25, 0.3) is 0 Å². The van der Waals surface area contributed by atoms with E-state index in [-0.39, 0.29) is 5.91 Å². The lowest BCUT2D eigenvalue weighted by atomic mass is 10.1. The molecule has 19 heavy (non-hydrogen) atoms. The zero-order valence-electron chi connectivity index (χ0n) is 11.1. The smallest absolute Gasteiger partial charge is 0.246 e. The van der Waals surface area contributed by atoms with Gasteiger partial charge in [-0.1, -0.05) is 34.1 Å². The van der Waals surface area contributed by atoms with Crippen molar-refractivity contribution >= 4 is 27.9 Å². The minimum Gasteiger partial charge on any atom is -0.339 e. The fourth-order valence-corrected chi connectivity index (χ4v) is 2.78. The van der Waals surface area contributed by atoms with Crippen molar-refractivity contribution in [3.63, 3.8) is 0 Å². The van der Waals surface area contributed by atoms with Gasteiger partial charge in [-0.2, -0.15) is 0 Å². The Hall–Kier alpha value is -1.13. The Balaban J connectivity index is 1.93. The highest BCUT2D eigenvalue weighted by Gasteiger charge is 2.24. The molecule has 1 amide bonds. The van der Waals surface area contributed by atoms with Crippen LogP contribution in [0, 0.1) is 5.92 Å². The Morgan fingerprint density at radius 3 is 3.05 bits per heavy atom. The van der Waals surface area contributed by atoms with Crippen LogP contribution in [0.25, 0.3) is 6.08 Å². The summed E-state index contributed by atoms with van der Waals surface area (Å²) in [6.45, 7) is 2.71. The summed E-state index contributed by atoms with van der Waals surface area (Å²) in [7, 11) is 1.96. The molecule has 4 heteroatoms. The minimum absolute atomic E-state index is 0.106. The zero-order valence-corrected chi connectivity index (χ0v) is 12.7. The summed E-state index contributed by atoms with van der Waals surface area (Å²) in [6, 6.07) is 7.89. The van der Waals surface area contributed by atoms with Crippen LogP contribution in [0.3, 0.4) is 0 Å². The van der Waals surface area contributed by atoms with E-state index < -0.39 is 0 Å². The molecule has 0 saturated carbocycles. The largest absolute Gasteiger partial charge is 0.339 e. The van der Waals surface area contributed by atoms with Gasteiger partial charge in [0.05, 0.1) is 0 Å². The molecule has 0 bridgehead atoms. The van der Waals surface area contributed by atoms with Crippen molar-refractivity contribution < 1.29 is 4.79 Å². The Morgan fingerprint density at radius 1 is 1.53 bits per heavy atom. The summed E-state index contributed by atoms with van der Waals surface area (Å²) in [5.74, 6) is 0.695. The number of halogens is 1. The van der Waals surface area contributed by atoms with Crippen LogP contribution in [0.2, 0.25) is 0 Å². The molecule has 0 aliphatic carbocycles. The Labute approximate surface area is 122 Å². The van der Waals surface area contributed by atoms with Gasteiger partial charge >= 0.3 is 0 Å². The molecular formula is C15H19BrN2O. The van der Waals surface area contributed by atoms with Gasteiger partial charge in [0, 0.05) is 23.6 Å². The van der Waals surface area contributed by atoms with E-state index in [0.717, 1.165) is 36.1 Å². The number of hydrogen-bond acceptors (Lipinski definition) is 2. The van der Waals surface area contributed by atoms with Gasteiger partial charge in [-0.15, -0.1) is 0 Å². The number of amides is 1. The molecule has 2 rings (SSSR count). The third-order valence-electron chi connectivity index (χ3n) is 3.40. The van der Waals surface area contributed by atoms with Gasteiger partial charge in [0.1, 0.15) is 0 Å². The molecule has 1 aliphatic heterocycles. The highest BCUT2D eigenvalue weighted by Crippen LogP contribution is 2.19. The van der Waals surface area contributed by atoms with Crippen molar-refractivity contribution in [3.8, 4) is 0 Å². The molecule has 0 radical (unpaired) electrons. The molecule has 3 nitrogen and oxygen atoms in total. The van der Waals surface area contributed by atoms with Crippen LogP contribution in [0.15, 0.2) is 34.8 Å². The number of rotatable bonds is 4. The van der Waals surface area contributed by atoms with Crippen LogP contribution in [0.4, 0.5) is 0 Å². The highest BCUT2D eigenvalue weighted by atomic mass is 79.9. The molecule has 102 valence electrons. The summed E-state index contributed by atoms with van der Waals surface area (Å²) in [6.07, 6.45) is 4.63. The van der Waals surface area contributed by atoms with Gasteiger partial charge < -0.3 is 10.2 Å². The van der Waals surface area contributed by atoms with Crippen LogP contribution >= 0.6 is 15.9 Å². The lowest BCUT2D eigenvalue weighted by Gasteiger charge is -2.14. The fraction of sp³-hybridized carbons (Fsp3) is 0.400. The number of nitrogens with zero attached hydrogens (tertiary/aromatic N) is 1. The number of carbonyl (C=O) groups excluding carboxylic acids is 1. The number of benzene rings is 1. The molecule has 1 unspecified atom stereocenters. The molecule has 1 heterocycles. The molecular weight excluding hydrogens is 304 g/mol. The first-order valence-electron chi connectivity index (χ1n) is 6.57. The molecule has 1 aromatic carbocycles. The van der Waals surface area contributed by atoms with E-state index in [1.165, 1.54) is 0 Å². The Bertz CT molecular complexity index is 473. The summed E-state index contributed by atoms with van der Waals surface area (Å²) < 4.78 is 1.01. The first-order chi connectivity index (χ1) is 9.20. The third-order valence-corrected chi connectivity index (χ3v) is 4.12. The van der Waals surface area contributed by atoms with Crippen LogP contribution in [0.1, 0.15) is 12.0 Å². The van der Waals surface area contributed by atoms with E-state index in [0.29, 0.717) is 5.92 Å². The molecule has 1 saturated heterocycles. The van der Waals surface area contributed by atoms with Crippen LogP contribution in [-0.4, -0.2) is 37.5 Å². The van der Waals surface area contributed by atoms with Crippen LogP contribution in [0.5, 0.6) is 0 Å². The van der Waals surface area contributed by atoms with Crippen molar-refractivity contribution in [2.45, 2.75) is 6.42 Å². The maximum atomic E-state index is 12.1. The zero-order chi connectivity index (χ0) is 13.7. The number of carbonyl (C=O) groups is 1. The maximum Gasteiger partial charge on any atom is 0.246 e. The minimum atomic E-state index is 0.106.